The summed E-state index contributed by atoms with van der Waals surface area (Å²) in [5.41, 5.74) is -0.509. The van der Waals surface area contributed by atoms with Gasteiger partial charge in [-0.2, -0.15) is 0 Å². The van der Waals surface area contributed by atoms with Crippen LogP contribution in [0.15, 0.2) is 0 Å². The maximum Gasteiger partial charge on any atom is 0.410 e. The monoisotopic (exact) mass is 300 g/mol. The highest BCUT2D eigenvalue weighted by atomic mass is 16.6. The molecule has 0 radical (unpaired) electrons. The van der Waals surface area contributed by atoms with Crippen molar-refractivity contribution in [3.8, 4) is 0 Å². The van der Waals surface area contributed by atoms with Gasteiger partial charge in [0.2, 0.25) is 0 Å². The molecule has 0 aromatic carbocycles. The zero-order valence-electron chi connectivity index (χ0n) is 14.0. The highest BCUT2D eigenvalue weighted by Gasteiger charge is 2.23. The van der Waals surface area contributed by atoms with Crippen molar-refractivity contribution in [3.63, 3.8) is 0 Å². The highest BCUT2D eigenvalue weighted by Crippen LogP contribution is 2.17. The minimum absolute atomic E-state index is 0.307. The summed E-state index contributed by atoms with van der Waals surface area (Å²) in [5, 5.41) is 13.1. The molecule has 1 aliphatic carbocycles. The fraction of sp³-hybridized carbons (Fsp3) is 0.938. The molecule has 124 valence electrons. The van der Waals surface area contributed by atoms with Crippen LogP contribution in [0.4, 0.5) is 4.79 Å². The van der Waals surface area contributed by atoms with Crippen molar-refractivity contribution in [2.75, 3.05) is 19.6 Å². The maximum atomic E-state index is 12.1. The Labute approximate surface area is 129 Å². The van der Waals surface area contributed by atoms with E-state index in [0.29, 0.717) is 19.1 Å². The number of hydrogen-bond donors (Lipinski definition) is 2. The Morgan fingerprint density at radius 2 is 1.95 bits per heavy atom. The van der Waals surface area contributed by atoms with Crippen molar-refractivity contribution in [3.05, 3.63) is 0 Å². The molecule has 21 heavy (non-hydrogen) atoms. The molecule has 0 heterocycles. The largest absolute Gasteiger partial charge is 0.444 e. The van der Waals surface area contributed by atoms with Crippen LogP contribution in [-0.4, -0.2) is 53.5 Å². The third kappa shape index (κ3) is 8.27. The van der Waals surface area contributed by atoms with E-state index in [2.05, 4.69) is 5.32 Å². The van der Waals surface area contributed by atoms with E-state index in [-0.39, 0.29) is 6.09 Å². The Hall–Kier alpha value is -0.810. The Balaban J connectivity index is 2.39. The molecule has 5 heteroatoms. The summed E-state index contributed by atoms with van der Waals surface area (Å²) in [6, 6.07) is 0.575. The van der Waals surface area contributed by atoms with Crippen molar-refractivity contribution in [1.29, 1.82) is 0 Å². The van der Waals surface area contributed by atoms with Crippen molar-refractivity contribution < 1.29 is 14.6 Å². The second-order valence-corrected chi connectivity index (χ2v) is 7.06. The number of ether oxygens (including phenoxy) is 1. The molecule has 0 spiro atoms. The van der Waals surface area contributed by atoms with Gasteiger partial charge in [-0.25, -0.2) is 4.79 Å². The summed E-state index contributed by atoms with van der Waals surface area (Å²) in [5.74, 6) is 0. The molecule has 1 fully saturated rings. The lowest BCUT2D eigenvalue weighted by molar-refractivity contribution is 0.0162. The molecule has 1 atom stereocenters. The van der Waals surface area contributed by atoms with Crippen molar-refractivity contribution >= 4 is 6.09 Å². The number of nitrogens with zero attached hydrogens (tertiary/aromatic N) is 1. The van der Waals surface area contributed by atoms with Crippen molar-refractivity contribution in [2.24, 2.45) is 0 Å². The van der Waals surface area contributed by atoms with Gasteiger partial charge in [0, 0.05) is 25.7 Å². The Morgan fingerprint density at radius 3 is 2.48 bits per heavy atom. The summed E-state index contributed by atoms with van der Waals surface area (Å²) < 4.78 is 5.39. The van der Waals surface area contributed by atoms with Crippen LogP contribution < -0.4 is 5.32 Å². The van der Waals surface area contributed by atoms with E-state index in [0.717, 1.165) is 6.54 Å². The lowest BCUT2D eigenvalue weighted by Crippen LogP contribution is -2.45. The molecular formula is C16H32N2O3. The summed E-state index contributed by atoms with van der Waals surface area (Å²) in [6.45, 7) is 8.86. The first-order chi connectivity index (χ1) is 9.78. The third-order valence-corrected chi connectivity index (χ3v) is 3.56. The summed E-state index contributed by atoms with van der Waals surface area (Å²) >= 11 is 0. The van der Waals surface area contributed by atoms with Gasteiger partial charge >= 0.3 is 6.09 Å². The second-order valence-electron chi connectivity index (χ2n) is 7.06. The molecule has 0 saturated heterocycles. The van der Waals surface area contributed by atoms with E-state index in [9.17, 15) is 9.90 Å². The first-order valence-corrected chi connectivity index (χ1v) is 8.17. The number of aliphatic hydroxyl groups is 1. The predicted molar refractivity (Wildman–Crippen MR) is 84.4 cm³/mol. The Bertz CT molecular complexity index is 307. The topological polar surface area (TPSA) is 61.8 Å². The molecule has 1 saturated carbocycles. The minimum Gasteiger partial charge on any atom is -0.444 e. The molecule has 0 bridgehead atoms. The molecule has 1 rings (SSSR count). The van der Waals surface area contributed by atoms with Gasteiger partial charge in [-0.15, -0.1) is 0 Å². The van der Waals surface area contributed by atoms with E-state index in [1.807, 2.05) is 20.8 Å². The lowest BCUT2D eigenvalue weighted by atomic mass is 9.95. The van der Waals surface area contributed by atoms with Crippen LogP contribution in [0.2, 0.25) is 0 Å². The number of rotatable bonds is 6. The fourth-order valence-corrected chi connectivity index (χ4v) is 2.61. The zero-order valence-corrected chi connectivity index (χ0v) is 14.0. The summed E-state index contributed by atoms with van der Waals surface area (Å²) in [7, 11) is 0. The van der Waals surface area contributed by atoms with E-state index >= 15 is 0 Å². The van der Waals surface area contributed by atoms with Crippen LogP contribution >= 0.6 is 0 Å². The number of carbonyl (C=O) groups excluding carboxylic acids is 1. The lowest BCUT2D eigenvalue weighted by Gasteiger charge is -2.29. The van der Waals surface area contributed by atoms with E-state index < -0.39 is 11.7 Å². The smallest absolute Gasteiger partial charge is 0.410 e. The second kappa shape index (κ2) is 8.59. The number of amides is 1. The van der Waals surface area contributed by atoms with Crippen molar-refractivity contribution in [2.45, 2.75) is 77.5 Å². The Kier molecular flexibility index (Phi) is 7.46. The number of nitrogens with one attached hydrogen (secondary N) is 1. The van der Waals surface area contributed by atoms with Gasteiger partial charge in [0.05, 0.1) is 6.10 Å². The number of hydrogen-bond acceptors (Lipinski definition) is 4. The van der Waals surface area contributed by atoms with Crippen LogP contribution in [0.1, 0.15) is 59.8 Å². The molecule has 1 unspecified atom stereocenters. The van der Waals surface area contributed by atoms with Crippen LogP contribution in [0.5, 0.6) is 0 Å². The standard InChI is InChI=1S/C16H32N2O3/c1-13(19)12-18(15(20)21-16(2,3)4)11-10-17-14-8-6-5-7-9-14/h13-14,17,19H,5-12H2,1-4H3. The van der Waals surface area contributed by atoms with Gasteiger partial charge in [0.15, 0.2) is 0 Å². The van der Waals surface area contributed by atoms with Gasteiger partial charge in [0.25, 0.3) is 0 Å². The first-order valence-electron chi connectivity index (χ1n) is 8.17. The van der Waals surface area contributed by atoms with E-state index in [4.69, 9.17) is 4.74 Å². The van der Waals surface area contributed by atoms with E-state index in [1.165, 1.54) is 32.1 Å². The molecule has 2 N–H and O–H groups in total. The zero-order chi connectivity index (χ0) is 15.9. The van der Waals surface area contributed by atoms with Gasteiger partial charge in [0.1, 0.15) is 5.60 Å². The molecule has 0 aliphatic heterocycles. The fourth-order valence-electron chi connectivity index (χ4n) is 2.61. The van der Waals surface area contributed by atoms with Crippen LogP contribution in [0, 0.1) is 0 Å². The molecule has 1 amide bonds. The number of carbonyl (C=O) groups is 1. The molecule has 0 aromatic rings. The SMILES string of the molecule is CC(O)CN(CCNC1CCCCC1)C(=O)OC(C)(C)C. The first kappa shape index (κ1) is 18.2. The normalized spacial score (nSPS) is 18.3. The summed E-state index contributed by atoms with van der Waals surface area (Å²) in [4.78, 5) is 13.7. The molecule has 5 nitrogen and oxygen atoms in total. The molecule has 0 aromatic heterocycles. The van der Waals surface area contributed by atoms with E-state index in [1.54, 1.807) is 11.8 Å². The van der Waals surface area contributed by atoms with Gasteiger partial charge < -0.3 is 20.1 Å². The summed E-state index contributed by atoms with van der Waals surface area (Å²) in [6.07, 6.45) is 5.47. The van der Waals surface area contributed by atoms with Crippen LogP contribution in [0.3, 0.4) is 0 Å². The average Bonchev–Trinajstić information content (AvgIpc) is 2.36. The maximum absolute atomic E-state index is 12.1. The van der Waals surface area contributed by atoms with Gasteiger partial charge in [-0.1, -0.05) is 19.3 Å². The quantitative estimate of drug-likeness (QED) is 0.791. The molecular weight excluding hydrogens is 268 g/mol. The highest BCUT2D eigenvalue weighted by molar-refractivity contribution is 5.68. The van der Waals surface area contributed by atoms with Crippen molar-refractivity contribution in [1.82, 2.24) is 10.2 Å². The predicted octanol–water partition coefficient (Wildman–Crippen LogP) is 2.53. The Morgan fingerprint density at radius 1 is 1.33 bits per heavy atom. The minimum atomic E-state index is -0.549. The number of aliphatic hydroxyl groups excluding tert-OH is 1. The van der Waals surface area contributed by atoms with Crippen LogP contribution in [-0.2, 0) is 4.74 Å². The third-order valence-electron chi connectivity index (χ3n) is 3.56. The average molecular weight is 300 g/mol. The van der Waals surface area contributed by atoms with Crippen LogP contribution in [0.25, 0.3) is 0 Å². The van der Waals surface area contributed by atoms with Gasteiger partial charge in [-0.05, 0) is 40.5 Å². The van der Waals surface area contributed by atoms with Gasteiger partial charge in [-0.3, -0.25) is 0 Å². The molecule has 1 aliphatic rings.